The Hall–Kier alpha value is -1.30. The molecular formula is C20H30. The van der Waals surface area contributed by atoms with Crippen molar-refractivity contribution in [3.63, 3.8) is 0 Å². The summed E-state index contributed by atoms with van der Waals surface area (Å²) >= 11 is 0. The highest BCUT2D eigenvalue weighted by atomic mass is 14.3. The van der Waals surface area contributed by atoms with Crippen LogP contribution in [0.25, 0.3) is 0 Å². The minimum Gasteiger partial charge on any atom is -0.103 e. The van der Waals surface area contributed by atoms with Crippen molar-refractivity contribution < 1.29 is 0 Å². The van der Waals surface area contributed by atoms with E-state index in [0.29, 0.717) is 11.3 Å². The second-order valence-corrected chi connectivity index (χ2v) is 6.66. The Morgan fingerprint density at radius 2 is 2.15 bits per heavy atom. The van der Waals surface area contributed by atoms with Gasteiger partial charge in [0.15, 0.2) is 0 Å². The Labute approximate surface area is 125 Å². The maximum atomic E-state index is 3.82. The molecule has 0 aromatic carbocycles. The molecule has 0 amide bonds. The van der Waals surface area contributed by atoms with Gasteiger partial charge in [0.1, 0.15) is 0 Å². The fraction of sp³-hybridized carbons (Fsp3) is 0.500. The van der Waals surface area contributed by atoms with Gasteiger partial charge < -0.3 is 0 Å². The second-order valence-electron chi connectivity index (χ2n) is 6.66. The Balaban J connectivity index is 2.66. The zero-order valence-corrected chi connectivity index (χ0v) is 13.9. The third kappa shape index (κ3) is 5.00. The maximum Gasteiger partial charge on any atom is -0.0101 e. The molecule has 20 heavy (non-hydrogen) atoms. The quantitative estimate of drug-likeness (QED) is 0.387. The maximum absolute atomic E-state index is 3.82. The van der Waals surface area contributed by atoms with Crippen LogP contribution in [-0.4, -0.2) is 0 Å². The molecule has 0 aromatic rings. The van der Waals surface area contributed by atoms with Gasteiger partial charge in [-0.1, -0.05) is 73.9 Å². The van der Waals surface area contributed by atoms with Crippen LogP contribution in [0.2, 0.25) is 0 Å². The second kappa shape index (κ2) is 7.47. The van der Waals surface area contributed by atoms with Gasteiger partial charge in [0, 0.05) is 0 Å². The zero-order chi connectivity index (χ0) is 15.2. The summed E-state index contributed by atoms with van der Waals surface area (Å²) in [6.07, 6.45) is 16.7. The first-order valence-corrected chi connectivity index (χ1v) is 7.69. The molecule has 0 aromatic heterocycles. The Morgan fingerprint density at radius 3 is 2.75 bits per heavy atom. The van der Waals surface area contributed by atoms with Crippen molar-refractivity contribution in [1.29, 1.82) is 0 Å². The molecule has 0 fully saturated rings. The molecule has 0 heterocycles. The molecule has 0 N–H and O–H groups in total. The highest BCUT2D eigenvalue weighted by molar-refractivity contribution is 5.35. The van der Waals surface area contributed by atoms with Crippen LogP contribution in [0.3, 0.4) is 0 Å². The minimum absolute atomic E-state index is 0.302. The van der Waals surface area contributed by atoms with Crippen LogP contribution in [0, 0.1) is 11.3 Å². The van der Waals surface area contributed by atoms with Gasteiger partial charge in [-0.3, -0.25) is 0 Å². The van der Waals surface area contributed by atoms with Crippen LogP contribution >= 0.6 is 0 Å². The average molecular weight is 270 g/mol. The first-order chi connectivity index (χ1) is 9.36. The van der Waals surface area contributed by atoms with Crippen LogP contribution < -0.4 is 0 Å². The first-order valence-electron chi connectivity index (χ1n) is 7.69. The number of hydrogen-bond donors (Lipinski definition) is 0. The SMILES string of the molecule is C=CC(C)C/C=C/C(C)=C/CC1=C(C)C=CCC1(C)C. The van der Waals surface area contributed by atoms with Crippen molar-refractivity contribution in [2.24, 2.45) is 11.3 Å². The molecule has 1 aliphatic rings. The fourth-order valence-corrected chi connectivity index (χ4v) is 2.62. The Bertz CT molecular complexity index is 452. The third-order valence-corrected chi connectivity index (χ3v) is 4.21. The normalized spacial score (nSPS) is 20.6. The number of rotatable bonds is 6. The van der Waals surface area contributed by atoms with E-state index in [1.165, 1.54) is 11.1 Å². The topological polar surface area (TPSA) is 0 Å². The van der Waals surface area contributed by atoms with E-state index < -0.39 is 0 Å². The highest BCUT2D eigenvalue weighted by Crippen LogP contribution is 2.38. The van der Waals surface area contributed by atoms with Gasteiger partial charge in [-0.05, 0) is 44.4 Å². The van der Waals surface area contributed by atoms with Crippen molar-refractivity contribution >= 4 is 0 Å². The van der Waals surface area contributed by atoms with Crippen LogP contribution in [-0.2, 0) is 0 Å². The Kier molecular flexibility index (Phi) is 6.26. The molecule has 1 aliphatic carbocycles. The van der Waals surface area contributed by atoms with E-state index >= 15 is 0 Å². The van der Waals surface area contributed by atoms with E-state index in [1.807, 2.05) is 6.08 Å². The smallest absolute Gasteiger partial charge is 0.0101 e. The van der Waals surface area contributed by atoms with Crippen molar-refractivity contribution in [3.8, 4) is 0 Å². The van der Waals surface area contributed by atoms with Crippen LogP contribution in [0.1, 0.15) is 53.9 Å². The predicted molar refractivity (Wildman–Crippen MR) is 91.7 cm³/mol. The molecule has 0 heteroatoms. The lowest BCUT2D eigenvalue weighted by molar-refractivity contribution is 0.435. The molecule has 1 atom stereocenters. The van der Waals surface area contributed by atoms with Gasteiger partial charge in [-0.15, -0.1) is 6.58 Å². The first kappa shape index (κ1) is 16.8. The molecule has 1 rings (SSSR count). The molecule has 0 aliphatic heterocycles. The lowest BCUT2D eigenvalue weighted by atomic mass is 9.74. The van der Waals surface area contributed by atoms with Gasteiger partial charge in [0.2, 0.25) is 0 Å². The van der Waals surface area contributed by atoms with E-state index in [1.54, 1.807) is 5.57 Å². The summed E-state index contributed by atoms with van der Waals surface area (Å²) in [5, 5.41) is 0. The predicted octanol–water partition coefficient (Wildman–Crippen LogP) is 6.39. The molecule has 0 radical (unpaired) electrons. The third-order valence-electron chi connectivity index (χ3n) is 4.21. The fourth-order valence-electron chi connectivity index (χ4n) is 2.62. The summed E-state index contributed by atoms with van der Waals surface area (Å²) in [6, 6.07) is 0. The van der Waals surface area contributed by atoms with Gasteiger partial charge in [0.05, 0.1) is 0 Å². The van der Waals surface area contributed by atoms with E-state index in [0.717, 1.165) is 19.3 Å². The summed E-state index contributed by atoms with van der Waals surface area (Å²) in [6.45, 7) is 15.1. The molecule has 0 saturated heterocycles. The van der Waals surface area contributed by atoms with Gasteiger partial charge in [0.25, 0.3) is 0 Å². The molecule has 110 valence electrons. The molecule has 0 spiro atoms. The monoisotopic (exact) mass is 270 g/mol. The largest absolute Gasteiger partial charge is 0.103 e. The molecule has 0 saturated carbocycles. The number of hydrogen-bond acceptors (Lipinski definition) is 0. The van der Waals surface area contributed by atoms with Gasteiger partial charge >= 0.3 is 0 Å². The van der Waals surface area contributed by atoms with Crippen molar-refractivity contribution in [2.45, 2.75) is 53.9 Å². The van der Waals surface area contributed by atoms with Gasteiger partial charge in [-0.25, -0.2) is 0 Å². The van der Waals surface area contributed by atoms with Crippen LogP contribution in [0.15, 0.2) is 59.8 Å². The molecule has 0 nitrogen and oxygen atoms in total. The summed E-state index contributed by atoms with van der Waals surface area (Å²) in [5.41, 5.74) is 4.67. The Morgan fingerprint density at radius 1 is 1.45 bits per heavy atom. The van der Waals surface area contributed by atoms with Crippen molar-refractivity contribution in [1.82, 2.24) is 0 Å². The van der Waals surface area contributed by atoms with E-state index in [2.05, 4.69) is 71.6 Å². The number of allylic oxidation sites excluding steroid dienone is 9. The van der Waals surface area contributed by atoms with E-state index in [-0.39, 0.29) is 0 Å². The van der Waals surface area contributed by atoms with E-state index in [9.17, 15) is 0 Å². The molecular weight excluding hydrogens is 240 g/mol. The standard InChI is InChI=1S/C20H30/c1-7-16(2)10-8-11-17(3)13-14-19-18(4)12-9-15-20(19,5)6/h7-9,11-13,16H,1,10,14-15H2,2-6H3/b11-8+,17-13+. The minimum atomic E-state index is 0.302. The van der Waals surface area contributed by atoms with Crippen LogP contribution in [0.5, 0.6) is 0 Å². The average Bonchev–Trinajstić information content (AvgIpc) is 2.37. The summed E-state index contributed by atoms with van der Waals surface area (Å²) in [4.78, 5) is 0. The summed E-state index contributed by atoms with van der Waals surface area (Å²) in [7, 11) is 0. The van der Waals surface area contributed by atoms with E-state index in [4.69, 9.17) is 0 Å². The summed E-state index contributed by atoms with van der Waals surface area (Å²) in [5.74, 6) is 0.561. The summed E-state index contributed by atoms with van der Waals surface area (Å²) < 4.78 is 0. The zero-order valence-electron chi connectivity index (χ0n) is 13.9. The van der Waals surface area contributed by atoms with Crippen molar-refractivity contribution in [3.05, 3.63) is 59.8 Å². The molecule has 1 unspecified atom stereocenters. The lowest BCUT2D eigenvalue weighted by Crippen LogP contribution is -2.17. The van der Waals surface area contributed by atoms with Gasteiger partial charge in [-0.2, -0.15) is 0 Å². The highest BCUT2D eigenvalue weighted by Gasteiger charge is 2.24. The lowest BCUT2D eigenvalue weighted by Gasteiger charge is -2.31. The van der Waals surface area contributed by atoms with Crippen molar-refractivity contribution in [2.75, 3.05) is 0 Å². The molecule has 0 bridgehead atoms. The van der Waals surface area contributed by atoms with Crippen LogP contribution in [0.4, 0.5) is 0 Å².